The van der Waals surface area contributed by atoms with Gasteiger partial charge >= 0.3 is 0 Å². The molecule has 100 valence electrons. The van der Waals surface area contributed by atoms with Gasteiger partial charge in [-0.2, -0.15) is 0 Å². The molecule has 1 atom stereocenters. The SMILES string of the molecule is CNC(Cc1ccc(I)cc1)c1cc(Br)ccc1Br. The van der Waals surface area contributed by atoms with Crippen LogP contribution in [0.3, 0.4) is 0 Å². The Labute approximate surface area is 144 Å². The minimum Gasteiger partial charge on any atom is -0.313 e. The molecule has 0 amide bonds. The van der Waals surface area contributed by atoms with Crippen molar-refractivity contribution >= 4 is 54.5 Å². The lowest BCUT2D eigenvalue weighted by molar-refractivity contribution is 0.589. The van der Waals surface area contributed by atoms with Gasteiger partial charge in [-0.25, -0.2) is 0 Å². The van der Waals surface area contributed by atoms with E-state index < -0.39 is 0 Å². The zero-order valence-corrected chi connectivity index (χ0v) is 15.8. The van der Waals surface area contributed by atoms with Crippen LogP contribution in [0.15, 0.2) is 51.4 Å². The average Bonchev–Trinajstić information content (AvgIpc) is 2.41. The number of hydrogen-bond donors (Lipinski definition) is 1. The number of rotatable bonds is 4. The third-order valence-electron chi connectivity index (χ3n) is 3.04. The predicted octanol–water partition coefficient (Wildman–Crippen LogP) is 5.32. The van der Waals surface area contributed by atoms with Gasteiger partial charge in [-0.05, 0) is 77.5 Å². The van der Waals surface area contributed by atoms with Crippen molar-refractivity contribution in [2.24, 2.45) is 0 Å². The molecule has 2 aromatic carbocycles. The van der Waals surface area contributed by atoms with E-state index in [1.54, 1.807) is 0 Å². The first kappa shape index (κ1) is 15.5. The van der Waals surface area contributed by atoms with Gasteiger partial charge in [0, 0.05) is 18.6 Å². The van der Waals surface area contributed by atoms with Gasteiger partial charge in [0.05, 0.1) is 0 Å². The highest BCUT2D eigenvalue weighted by atomic mass is 127. The first-order valence-electron chi connectivity index (χ1n) is 5.97. The normalized spacial score (nSPS) is 12.4. The van der Waals surface area contributed by atoms with E-state index in [0.717, 1.165) is 15.4 Å². The fourth-order valence-electron chi connectivity index (χ4n) is 2.01. The summed E-state index contributed by atoms with van der Waals surface area (Å²) in [6.07, 6.45) is 0.975. The van der Waals surface area contributed by atoms with Gasteiger partial charge in [0.25, 0.3) is 0 Å². The molecule has 19 heavy (non-hydrogen) atoms. The molecule has 0 bridgehead atoms. The van der Waals surface area contributed by atoms with Crippen LogP contribution in [0.4, 0.5) is 0 Å². The number of halogens is 3. The minimum atomic E-state index is 0.298. The molecule has 0 aliphatic heterocycles. The van der Waals surface area contributed by atoms with Crippen molar-refractivity contribution in [2.45, 2.75) is 12.5 Å². The summed E-state index contributed by atoms with van der Waals surface area (Å²) in [7, 11) is 2.00. The predicted molar refractivity (Wildman–Crippen MR) is 96.5 cm³/mol. The topological polar surface area (TPSA) is 12.0 Å². The van der Waals surface area contributed by atoms with Gasteiger partial charge in [0.15, 0.2) is 0 Å². The summed E-state index contributed by atoms with van der Waals surface area (Å²) >= 11 is 9.51. The summed E-state index contributed by atoms with van der Waals surface area (Å²) in [5.41, 5.74) is 2.61. The van der Waals surface area contributed by atoms with Crippen LogP contribution >= 0.6 is 54.5 Å². The number of benzene rings is 2. The van der Waals surface area contributed by atoms with Crippen molar-refractivity contribution in [3.8, 4) is 0 Å². The molecule has 0 fully saturated rings. The standard InChI is InChI=1S/C15H14Br2IN/c1-19-15(8-10-2-5-12(18)6-3-10)13-9-11(16)4-7-14(13)17/h2-7,9,15,19H,8H2,1H3. The van der Waals surface area contributed by atoms with E-state index in [1.165, 1.54) is 14.7 Å². The second-order valence-electron chi connectivity index (χ2n) is 4.34. The van der Waals surface area contributed by atoms with Crippen LogP contribution in [-0.2, 0) is 6.42 Å². The van der Waals surface area contributed by atoms with Gasteiger partial charge in [-0.3, -0.25) is 0 Å². The Morgan fingerprint density at radius 3 is 2.42 bits per heavy atom. The van der Waals surface area contributed by atoms with Gasteiger partial charge in [0.1, 0.15) is 0 Å². The molecule has 0 saturated heterocycles. The van der Waals surface area contributed by atoms with Crippen LogP contribution in [0.5, 0.6) is 0 Å². The first-order valence-corrected chi connectivity index (χ1v) is 8.63. The minimum absolute atomic E-state index is 0.298. The summed E-state index contributed by atoms with van der Waals surface area (Å²) in [5, 5.41) is 3.40. The maximum absolute atomic E-state index is 3.63. The maximum atomic E-state index is 3.63. The van der Waals surface area contributed by atoms with E-state index in [0.29, 0.717) is 6.04 Å². The Morgan fingerprint density at radius 2 is 1.79 bits per heavy atom. The summed E-state index contributed by atoms with van der Waals surface area (Å²) < 4.78 is 3.51. The zero-order valence-electron chi connectivity index (χ0n) is 10.5. The fraction of sp³-hybridized carbons (Fsp3) is 0.200. The van der Waals surface area contributed by atoms with Crippen LogP contribution in [0.1, 0.15) is 17.2 Å². The second kappa shape index (κ2) is 7.20. The van der Waals surface area contributed by atoms with Crippen LogP contribution in [0, 0.1) is 3.57 Å². The number of likely N-dealkylation sites (N-methyl/N-ethyl adjacent to an activating group) is 1. The highest BCUT2D eigenvalue weighted by molar-refractivity contribution is 14.1. The number of nitrogens with one attached hydrogen (secondary N) is 1. The highest BCUT2D eigenvalue weighted by Gasteiger charge is 2.13. The van der Waals surface area contributed by atoms with Gasteiger partial charge in [-0.15, -0.1) is 0 Å². The lowest BCUT2D eigenvalue weighted by Gasteiger charge is -2.19. The largest absolute Gasteiger partial charge is 0.313 e. The number of hydrogen-bond acceptors (Lipinski definition) is 1. The van der Waals surface area contributed by atoms with Crippen LogP contribution in [-0.4, -0.2) is 7.05 Å². The van der Waals surface area contributed by atoms with E-state index in [9.17, 15) is 0 Å². The van der Waals surface area contributed by atoms with Crippen molar-refractivity contribution in [1.82, 2.24) is 5.32 Å². The molecule has 0 aromatic heterocycles. The van der Waals surface area contributed by atoms with Crippen molar-refractivity contribution in [2.75, 3.05) is 7.05 Å². The van der Waals surface area contributed by atoms with Gasteiger partial charge in [0.2, 0.25) is 0 Å². The lowest BCUT2D eigenvalue weighted by atomic mass is 9.99. The Kier molecular flexibility index (Phi) is 5.87. The summed E-state index contributed by atoms with van der Waals surface area (Å²) in [5.74, 6) is 0. The molecule has 0 aliphatic rings. The molecule has 2 aromatic rings. The molecule has 0 spiro atoms. The summed E-state index contributed by atoms with van der Waals surface area (Å²) in [6, 6.07) is 15.3. The molecule has 1 N–H and O–H groups in total. The van der Waals surface area contributed by atoms with E-state index in [1.807, 2.05) is 13.1 Å². The van der Waals surface area contributed by atoms with Crippen molar-refractivity contribution < 1.29 is 0 Å². The molecule has 2 rings (SSSR count). The molecule has 1 unspecified atom stereocenters. The molecule has 0 aliphatic carbocycles. The van der Waals surface area contributed by atoms with Crippen molar-refractivity contribution in [3.63, 3.8) is 0 Å². The van der Waals surface area contributed by atoms with Gasteiger partial charge in [-0.1, -0.05) is 44.0 Å². The first-order chi connectivity index (χ1) is 9.10. The Morgan fingerprint density at radius 1 is 1.11 bits per heavy atom. The second-order valence-corrected chi connectivity index (χ2v) is 7.35. The van der Waals surface area contributed by atoms with E-state index in [4.69, 9.17) is 0 Å². The summed E-state index contributed by atoms with van der Waals surface area (Å²) in [4.78, 5) is 0. The molecule has 1 nitrogen and oxygen atoms in total. The maximum Gasteiger partial charge on any atom is 0.0370 e. The van der Waals surface area contributed by atoms with Crippen LogP contribution < -0.4 is 5.32 Å². The van der Waals surface area contributed by atoms with Crippen molar-refractivity contribution in [1.29, 1.82) is 0 Å². The molecule has 0 saturated carbocycles. The third kappa shape index (κ3) is 4.28. The van der Waals surface area contributed by atoms with Crippen LogP contribution in [0.25, 0.3) is 0 Å². The smallest absolute Gasteiger partial charge is 0.0370 e. The monoisotopic (exact) mass is 493 g/mol. The highest BCUT2D eigenvalue weighted by Crippen LogP contribution is 2.29. The molecule has 0 heterocycles. The molecule has 4 heteroatoms. The molecular formula is C15H14Br2IN. The average molecular weight is 495 g/mol. The fourth-order valence-corrected chi connectivity index (χ4v) is 3.27. The third-order valence-corrected chi connectivity index (χ3v) is 4.97. The Balaban J connectivity index is 2.24. The Bertz CT molecular complexity index is 555. The molecular weight excluding hydrogens is 481 g/mol. The van der Waals surface area contributed by atoms with E-state index in [2.05, 4.69) is 96.2 Å². The van der Waals surface area contributed by atoms with E-state index in [-0.39, 0.29) is 0 Å². The molecule has 0 radical (unpaired) electrons. The quantitative estimate of drug-likeness (QED) is 0.567. The zero-order chi connectivity index (χ0) is 13.8. The van der Waals surface area contributed by atoms with Crippen molar-refractivity contribution in [3.05, 3.63) is 66.1 Å². The lowest BCUT2D eigenvalue weighted by Crippen LogP contribution is -2.19. The Hall–Kier alpha value is 0.0900. The van der Waals surface area contributed by atoms with E-state index >= 15 is 0 Å². The van der Waals surface area contributed by atoms with Gasteiger partial charge < -0.3 is 5.32 Å². The summed E-state index contributed by atoms with van der Waals surface area (Å²) in [6.45, 7) is 0. The van der Waals surface area contributed by atoms with Crippen LogP contribution in [0.2, 0.25) is 0 Å².